The average molecular weight is 374 g/mol. The van der Waals surface area contributed by atoms with Crippen molar-refractivity contribution in [2.24, 2.45) is 0 Å². The molecule has 28 heavy (non-hydrogen) atoms. The fourth-order valence-electron chi connectivity index (χ4n) is 3.11. The van der Waals surface area contributed by atoms with E-state index in [2.05, 4.69) is 18.2 Å². The summed E-state index contributed by atoms with van der Waals surface area (Å²) in [5.41, 5.74) is 4.20. The van der Waals surface area contributed by atoms with Gasteiger partial charge in [-0.3, -0.25) is 4.79 Å². The number of rotatable bonds is 4. The number of Topliss-reactive ketones (excluding diaryl/α,β-unsaturated/α-hetero) is 1. The minimum Gasteiger partial charge on any atom is -0.489 e. The van der Waals surface area contributed by atoms with Crippen LogP contribution in [0.1, 0.15) is 32.6 Å². The molecule has 4 rings (SSSR count). The van der Waals surface area contributed by atoms with Crippen LogP contribution < -0.4 is 9.47 Å². The maximum atomic E-state index is 13.9. The van der Waals surface area contributed by atoms with Gasteiger partial charge in [-0.05, 0) is 49.2 Å². The number of halogens is 1. The van der Waals surface area contributed by atoms with Crippen molar-refractivity contribution in [3.8, 4) is 11.5 Å². The summed E-state index contributed by atoms with van der Waals surface area (Å²) in [6.45, 7) is 4.52. The number of carbonyl (C=O) groups excluding carboxylic acids is 1. The van der Waals surface area contributed by atoms with Crippen molar-refractivity contribution in [1.29, 1.82) is 0 Å². The van der Waals surface area contributed by atoms with Gasteiger partial charge in [-0.2, -0.15) is 0 Å². The zero-order chi connectivity index (χ0) is 19.7. The molecule has 0 fully saturated rings. The molecule has 1 aliphatic heterocycles. The lowest BCUT2D eigenvalue weighted by Gasteiger charge is -2.10. The van der Waals surface area contributed by atoms with Crippen LogP contribution >= 0.6 is 0 Å². The van der Waals surface area contributed by atoms with Crippen LogP contribution in [-0.4, -0.2) is 5.78 Å². The van der Waals surface area contributed by atoms with Crippen LogP contribution in [0.5, 0.6) is 11.5 Å². The van der Waals surface area contributed by atoms with E-state index in [1.807, 2.05) is 13.8 Å². The average Bonchev–Trinajstić information content (AvgIpc) is 2.99. The maximum Gasteiger partial charge on any atom is 0.231 e. The van der Waals surface area contributed by atoms with Gasteiger partial charge in [0.25, 0.3) is 0 Å². The third-order valence-electron chi connectivity index (χ3n) is 4.73. The number of hydrogen-bond acceptors (Lipinski definition) is 3. The molecule has 0 unspecified atom stereocenters. The SMILES string of the molecule is Cc1ccc(C)c(COc2ccc3c(c2)OC(=Cc2ccccc2F)C3=O)c1. The van der Waals surface area contributed by atoms with E-state index in [1.54, 1.807) is 36.4 Å². The molecule has 3 nitrogen and oxygen atoms in total. The molecule has 0 bridgehead atoms. The predicted octanol–water partition coefficient (Wildman–Crippen LogP) is 5.64. The summed E-state index contributed by atoms with van der Waals surface area (Å²) in [7, 11) is 0. The molecule has 0 saturated carbocycles. The van der Waals surface area contributed by atoms with Crippen LogP contribution in [0.15, 0.2) is 66.4 Å². The molecular weight excluding hydrogens is 355 g/mol. The number of aryl methyl sites for hydroxylation is 2. The number of hydrogen-bond donors (Lipinski definition) is 0. The van der Waals surface area contributed by atoms with Crippen molar-refractivity contribution in [3.05, 3.63) is 100 Å². The number of fused-ring (bicyclic) bond motifs is 1. The number of allylic oxidation sites excluding steroid dienone is 1. The molecule has 1 aliphatic rings. The Labute approximate surface area is 163 Å². The van der Waals surface area contributed by atoms with Gasteiger partial charge in [0.05, 0.1) is 5.56 Å². The largest absolute Gasteiger partial charge is 0.489 e. The molecule has 0 aromatic heterocycles. The van der Waals surface area contributed by atoms with E-state index < -0.39 is 5.82 Å². The fraction of sp³-hybridized carbons (Fsp3) is 0.125. The van der Waals surface area contributed by atoms with Crippen LogP contribution in [0.2, 0.25) is 0 Å². The first-order valence-corrected chi connectivity index (χ1v) is 9.03. The Balaban J connectivity index is 1.54. The second-order valence-electron chi connectivity index (χ2n) is 6.84. The first kappa shape index (κ1) is 18.0. The first-order valence-electron chi connectivity index (χ1n) is 9.03. The summed E-state index contributed by atoms with van der Waals surface area (Å²) in [6, 6.07) is 17.6. The van der Waals surface area contributed by atoms with Gasteiger partial charge < -0.3 is 9.47 Å². The Morgan fingerprint density at radius 1 is 1.04 bits per heavy atom. The van der Waals surface area contributed by atoms with E-state index in [-0.39, 0.29) is 11.5 Å². The summed E-state index contributed by atoms with van der Waals surface area (Å²) in [5, 5.41) is 0. The van der Waals surface area contributed by atoms with E-state index in [0.717, 1.165) is 11.1 Å². The second kappa shape index (κ2) is 7.31. The Morgan fingerprint density at radius 2 is 1.86 bits per heavy atom. The fourth-order valence-corrected chi connectivity index (χ4v) is 3.11. The number of ketones is 1. The zero-order valence-electron chi connectivity index (χ0n) is 15.7. The lowest BCUT2D eigenvalue weighted by molar-refractivity contribution is 0.101. The summed E-state index contributed by atoms with van der Waals surface area (Å²) < 4.78 is 25.4. The maximum absolute atomic E-state index is 13.9. The van der Waals surface area contributed by atoms with Crippen molar-refractivity contribution >= 4 is 11.9 Å². The van der Waals surface area contributed by atoms with Gasteiger partial charge in [-0.15, -0.1) is 0 Å². The van der Waals surface area contributed by atoms with Crippen molar-refractivity contribution < 1.29 is 18.7 Å². The molecule has 3 aromatic carbocycles. The minimum atomic E-state index is -0.403. The third-order valence-corrected chi connectivity index (χ3v) is 4.73. The Kier molecular flexibility index (Phi) is 4.70. The molecular formula is C24H19FO3. The topological polar surface area (TPSA) is 35.5 Å². The van der Waals surface area contributed by atoms with Crippen LogP contribution in [0, 0.1) is 19.7 Å². The highest BCUT2D eigenvalue weighted by atomic mass is 19.1. The van der Waals surface area contributed by atoms with Crippen LogP contribution in [0.25, 0.3) is 6.08 Å². The smallest absolute Gasteiger partial charge is 0.231 e. The highest BCUT2D eigenvalue weighted by Gasteiger charge is 2.28. The Morgan fingerprint density at radius 3 is 2.68 bits per heavy atom. The molecule has 0 spiro atoms. The lowest BCUT2D eigenvalue weighted by Crippen LogP contribution is -1.99. The number of carbonyl (C=O) groups is 1. The summed E-state index contributed by atoms with van der Waals surface area (Å²) >= 11 is 0. The molecule has 0 radical (unpaired) electrons. The molecule has 0 atom stereocenters. The van der Waals surface area contributed by atoms with Crippen molar-refractivity contribution in [2.75, 3.05) is 0 Å². The van der Waals surface area contributed by atoms with Crippen molar-refractivity contribution in [3.63, 3.8) is 0 Å². The standard InChI is InChI=1S/C24H19FO3/c1-15-7-8-16(2)18(11-15)14-27-19-9-10-20-22(13-19)28-23(24(20)26)12-17-5-3-4-6-21(17)25/h3-13H,14H2,1-2H3. The lowest BCUT2D eigenvalue weighted by atomic mass is 10.1. The quantitative estimate of drug-likeness (QED) is 0.555. The number of ether oxygens (including phenoxy) is 2. The molecule has 0 saturated heterocycles. The normalized spacial score (nSPS) is 14.1. The van der Waals surface area contributed by atoms with Crippen LogP contribution in [-0.2, 0) is 6.61 Å². The predicted molar refractivity (Wildman–Crippen MR) is 106 cm³/mol. The van der Waals surface area contributed by atoms with Crippen molar-refractivity contribution in [2.45, 2.75) is 20.5 Å². The van der Waals surface area contributed by atoms with E-state index >= 15 is 0 Å². The molecule has 0 aliphatic carbocycles. The highest BCUT2D eigenvalue weighted by Crippen LogP contribution is 2.35. The Bertz CT molecular complexity index is 1100. The Hall–Kier alpha value is -3.40. The third kappa shape index (κ3) is 3.54. The van der Waals surface area contributed by atoms with Gasteiger partial charge in [0.15, 0.2) is 5.76 Å². The zero-order valence-corrected chi connectivity index (χ0v) is 15.7. The molecule has 4 heteroatoms. The molecule has 3 aromatic rings. The molecule has 140 valence electrons. The molecule has 1 heterocycles. The summed E-state index contributed by atoms with van der Waals surface area (Å²) in [4.78, 5) is 12.5. The second-order valence-corrected chi connectivity index (χ2v) is 6.84. The van der Waals surface area contributed by atoms with Gasteiger partial charge in [0.1, 0.15) is 23.9 Å². The van der Waals surface area contributed by atoms with E-state index in [1.165, 1.54) is 17.7 Å². The van der Waals surface area contributed by atoms with Crippen LogP contribution in [0.4, 0.5) is 4.39 Å². The van der Waals surface area contributed by atoms with Gasteiger partial charge in [0, 0.05) is 11.6 Å². The van der Waals surface area contributed by atoms with Gasteiger partial charge in [0.2, 0.25) is 5.78 Å². The summed E-state index contributed by atoms with van der Waals surface area (Å²) in [6.07, 6.45) is 1.42. The van der Waals surface area contributed by atoms with Gasteiger partial charge in [-0.25, -0.2) is 4.39 Å². The van der Waals surface area contributed by atoms with Gasteiger partial charge >= 0.3 is 0 Å². The number of benzene rings is 3. The summed E-state index contributed by atoms with van der Waals surface area (Å²) in [5.74, 6) is 0.469. The monoisotopic (exact) mass is 374 g/mol. The minimum absolute atomic E-state index is 0.103. The molecule has 0 amide bonds. The van der Waals surface area contributed by atoms with E-state index in [0.29, 0.717) is 29.2 Å². The van der Waals surface area contributed by atoms with E-state index in [4.69, 9.17) is 9.47 Å². The van der Waals surface area contributed by atoms with Crippen molar-refractivity contribution in [1.82, 2.24) is 0 Å². The van der Waals surface area contributed by atoms with Gasteiger partial charge in [-0.1, -0.05) is 42.0 Å². The van der Waals surface area contributed by atoms with E-state index in [9.17, 15) is 9.18 Å². The highest BCUT2D eigenvalue weighted by molar-refractivity contribution is 6.14. The first-order chi connectivity index (χ1) is 13.5. The molecule has 0 N–H and O–H groups in total. The van der Waals surface area contributed by atoms with Crippen LogP contribution in [0.3, 0.4) is 0 Å².